The van der Waals surface area contributed by atoms with Gasteiger partial charge in [0.1, 0.15) is 64.1 Å². The third kappa shape index (κ3) is 23.2. The van der Waals surface area contributed by atoms with Gasteiger partial charge in [0.2, 0.25) is 0 Å². The van der Waals surface area contributed by atoms with Gasteiger partial charge in [-0.25, -0.2) is 14.4 Å². The van der Waals surface area contributed by atoms with Crippen LogP contribution < -0.4 is 0 Å². The van der Waals surface area contributed by atoms with Gasteiger partial charge in [-0.05, 0) is 134 Å². The lowest BCUT2D eigenvalue weighted by molar-refractivity contribution is 0.0589. The zero-order valence-electron chi connectivity index (χ0n) is 37.6. The number of ether oxygens (including phenoxy) is 3. The van der Waals surface area contributed by atoms with Crippen LogP contribution in [-0.2, 0) is 14.2 Å². The number of esters is 3. The number of aldehydes is 3. The van der Waals surface area contributed by atoms with Crippen LogP contribution in [0.1, 0.15) is 67.7 Å². The molecule has 0 unspecified atom stereocenters. The summed E-state index contributed by atoms with van der Waals surface area (Å²) in [5.41, 5.74) is 3.07. The van der Waals surface area contributed by atoms with Crippen molar-refractivity contribution in [2.24, 2.45) is 0 Å². The predicted octanol–water partition coefficient (Wildman–Crippen LogP) is 8.56. The van der Waals surface area contributed by atoms with Crippen LogP contribution in [0.25, 0.3) is 0 Å². The van der Waals surface area contributed by atoms with E-state index >= 15 is 0 Å². The second kappa shape index (κ2) is 32.1. The van der Waals surface area contributed by atoms with E-state index in [9.17, 15) is 28.8 Å². The molecule has 7 aromatic rings. The predicted molar refractivity (Wildman–Crippen MR) is 253 cm³/mol. The fraction of sp³-hybridized carbons (Fsp3) is 0.0769. The van der Waals surface area contributed by atoms with E-state index < -0.39 is 17.9 Å². The normalized spacial score (nSPS) is 9.10. The highest BCUT2D eigenvalue weighted by molar-refractivity contribution is 5.92. The molecule has 0 aliphatic rings. The zero-order valence-corrected chi connectivity index (χ0v) is 37.6. The van der Waals surface area contributed by atoms with Crippen LogP contribution in [0, 0.1) is 6.92 Å². The SMILES string of the molecule is COC(=O)c1ccc(O)cc1.COC(=O)c1cccc(O)c1.COC(=O)c1ccccc1O.Cc1cc(O)ccc1O.O=Cc1ccc(O)cc1.O=Cc1cccc(O)c1.O=Cc1ccccc1O. The van der Waals surface area contributed by atoms with Gasteiger partial charge in [-0.15, -0.1) is 0 Å². The molecule has 8 N–H and O–H groups in total. The van der Waals surface area contributed by atoms with Crippen molar-refractivity contribution >= 4 is 36.8 Å². The summed E-state index contributed by atoms with van der Waals surface area (Å²) in [4.78, 5) is 62.7. The van der Waals surface area contributed by atoms with Crippen LogP contribution in [0.5, 0.6) is 46.0 Å². The Bertz CT molecular complexity index is 2680. The van der Waals surface area contributed by atoms with Crippen LogP contribution >= 0.6 is 0 Å². The first-order valence-electron chi connectivity index (χ1n) is 19.7. The summed E-state index contributed by atoms with van der Waals surface area (Å²) in [6.45, 7) is 1.73. The van der Waals surface area contributed by atoms with E-state index in [2.05, 4.69) is 14.2 Å². The number of aromatic hydroxyl groups is 8. The average Bonchev–Trinajstić information content (AvgIpc) is 3.36. The number of carbonyl (C=O) groups is 6. The van der Waals surface area contributed by atoms with Gasteiger partial charge in [0.15, 0.2) is 6.29 Å². The number of hydrogen-bond donors (Lipinski definition) is 8. The maximum absolute atomic E-state index is 10.9. The number of rotatable bonds is 6. The Balaban J connectivity index is 0.000000403. The highest BCUT2D eigenvalue weighted by Crippen LogP contribution is 2.20. The van der Waals surface area contributed by atoms with E-state index in [1.54, 1.807) is 73.7 Å². The topological polar surface area (TPSA) is 292 Å². The van der Waals surface area contributed by atoms with Gasteiger partial charge in [0.05, 0.1) is 38.0 Å². The summed E-state index contributed by atoms with van der Waals surface area (Å²) in [6, 6.07) is 41.2. The molecule has 0 aliphatic heterocycles. The Morgan fingerprint density at radius 3 is 1.28 bits per heavy atom. The molecule has 0 aliphatic carbocycles. The molecule has 0 heterocycles. The first-order chi connectivity index (χ1) is 32.9. The summed E-state index contributed by atoms with van der Waals surface area (Å²) in [5.74, 6) is -0.482. The molecule has 0 bridgehead atoms. The lowest BCUT2D eigenvalue weighted by Gasteiger charge is -1.99. The number of aryl methyl sites for hydroxylation is 1. The number of phenolic OH excluding ortho intramolecular Hbond substituents is 8. The van der Waals surface area contributed by atoms with Crippen molar-refractivity contribution in [3.05, 3.63) is 203 Å². The van der Waals surface area contributed by atoms with Gasteiger partial charge in [0.25, 0.3) is 0 Å². The van der Waals surface area contributed by atoms with E-state index in [1.807, 2.05) is 0 Å². The van der Waals surface area contributed by atoms with Crippen molar-refractivity contribution in [3.63, 3.8) is 0 Å². The molecule has 0 aromatic heterocycles. The first-order valence-corrected chi connectivity index (χ1v) is 19.7. The molecule has 17 heteroatoms. The molecular weight excluding hydrogens is 897 g/mol. The Morgan fingerprint density at radius 1 is 0.377 bits per heavy atom. The first kappa shape index (κ1) is 57.4. The standard InChI is InChI=1S/3C8H8O3.C7H8O2.3C7H6O2/c1-11-8(10)6-2-4-7(9)5-3-6;1-11-8(10)6-3-2-4-7(9)5-6;1-11-8(10)6-4-2-3-5-7(6)9;1-5-4-6(8)2-3-7(5)9;8-5-6-1-3-7(9)4-2-6;8-5-6-2-1-3-7(9)4-6;8-5-6-3-1-2-4-7(6)9/h3*2-5,9H,1H3;2-4,8-9H,1H3;3*1-5,9H. The highest BCUT2D eigenvalue weighted by Gasteiger charge is 2.09. The largest absolute Gasteiger partial charge is 0.508 e. The molecule has 0 fully saturated rings. The summed E-state index contributed by atoms with van der Waals surface area (Å²) in [6.07, 6.45) is 2.05. The van der Waals surface area contributed by atoms with E-state index in [-0.39, 0.29) is 51.6 Å². The van der Waals surface area contributed by atoms with E-state index in [4.69, 9.17) is 40.9 Å². The summed E-state index contributed by atoms with van der Waals surface area (Å²) in [5, 5.41) is 71.1. The molecule has 0 atom stereocenters. The third-order valence-electron chi connectivity index (χ3n) is 8.14. The van der Waals surface area contributed by atoms with Gasteiger partial charge in [-0.2, -0.15) is 0 Å². The molecular formula is C52H50O17. The van der Waals surface area contributed by atoms with Crippen LogP contribution in [0.3, 0.4) is 0 Å². The van der Waals surface area contributed by atoms with Crippen molar-refractivity contribution < 1.29 is 83.8 Å². The minimum Gasteiger partial charge on any atom is -0.508 e. The highest BCUT2D eigenvalue weighted by atomic mass is 16.5. The lowest BCUT2D eigenvalue weighted by atomic mass is 10.2. The van der Waals surface area contributed by atoms with Crippen LogP contribution in [0.4, 0.5) is 0 Å². The van der Waals surface area contributed by atoms with E-state index in [0.29, 0.717) is 46.0 Å². The van der Waals surface area contributed by atoms with E-state index in [0.717, 1.165) is 6.29 Å². The second-order valence-electron chi connectivity index (χ2n) is 13.2. The Labute approximate surface area is 396 Å². The molecule has 0 amide bonds. The van der Waals surface area contributed by atoms with Crippen molar-refractivity contribution in [2.75, 3.05) is 21.3 Å². The molecule has 360 valence electrons. The zero-order chi connectivity index (χ0) is 51.7. The fourth-order valence-electron chi connectivity index (χ4n) is 4.60. The molecule has 7 aromatic carbocycles. The summed E-state index contributed by atoms with van der Waals surface area (Å²) in [7, 11) is 3.89. The van der Waals surface area contributed by atoms with E-state index in [1.165, 1.54) is 118 Å². The number of methoxy groups -OCH3 is 3. The molecule has 0 saturated carbocycles. The third-order valence-corrected chi connectivity index (χ3v) is 8.14. The Hall–Kier alpha value is -9.64. The monoisotopic (exact) mass is 946 g/mol. The summed E-state index contributed by atoms with van der Waals surface area (Å²) >= 11 is 0. The Kier molecular flexibility index (Phi) is 26.7. The van der Waals surface area contributed by atoms with Gasteiger partial charge >= 0.3 is 17.9 Å². The van der Waals surface area contributed by atoms with Crippen LogP contribution in [0.15, 0.2) is 164 Å². The lowest BCUT2D eigenvalue weighted by Crippen LogP contribution is -2.00. The fourth-order valence-corrected chi connectivity index (χ4v) is 4.60. The minimum absolute atomic E-state index is 0.0347. The van der Waals surface area contributed by atoms with Gasteiger partial charge < -0.3 is 55.1 Å². The number of phenols is 8. The number of carbonyl (C=O) groups excluding carboxylic acids is 6. The quantitative estimate of drug-likeness (QED) is 0.0335. The number of para-hydroxylation sites is 2. The van der Waals surface area contributed by atoms with Crippen molar-refractivity contribution in [1.29, 1.82) is 0 Å². The molecule has 69 heavy (non-hydrogen) atoms. The summed E-state index contributed by atoms with van der Waals surface area (Å²) < 4.78 is 13.3. The molecule has 17 nitrogen and oxygen atoms in total. The van der Waals surface area contributed by atoms with Crippen LogP contribution in [0.2, 0.25) is 0 Å². The number of benzene rings is 7. The van der Waals surface area contributed by atoms with Gasteiger partial charge in [-0.3, -0.25) is 14.4 Å². The van der Waals surface area contributed by atoms with Crippen molar-refractivity contribution in [2.45, 2.75) is 6.92 Å². The van der Waals surface area contributed by atoms with Crippen molar-refractivity contribution in [3.8, 4) is 46.0 Å². The minimum atomic E-state index is -0.525. The molecule has 0 saturated heterocycles. The smallest absolute Gasteiger partial charge is 0.341 e. The second-order valence-corrected chi connectivity index (χ2v) is 13.2. The van der Waals surface area contributed by atoms with Gasteiger partial charge in [-0.1, -0.05) is 42.5 Å². The number of hydrogen-bond acceptors (Lipinski definition) is 17. The maximum Gasteiger partial charge on any atom is 0.341 e. The van der Waals surface area contributed by atoms with Crippen LogP contribution in [-0.4, -0.2) is 98.9 Å². The Morgan fingerprint density at radius 2 is 0.841 bits per heavy atom. The molecule has 0 radical (unpaired) electrons. The van der Waals surface area contributed by atoms with Crippen molar-refractivity contribution in [1.82, 2.24) is 0 Å². The molecule has 0 spiro atoms. The molecule has 7 rings (SSSR count). The van der Waals surface area contributed by atoms with Gasteiger partial charge in [0, 0.05) is 11.1 Å². The maximum atomic E-state index is 10.9. The average molecular weight is 947 g/mol.